The van der Waals surface area contributed by atoms with E-state index in [4.69, 9.17) is 0 Å². The summed E-state index contributed by atoms with van der Waals surface area (Å²) in [6, 6.07) is 2.52. The molecular weight excluding hydrogens is 236 g/mol. The lowest BCUT2D eigenvalue weighted by molar-refractivity contribution is 0.253. The van der Waals surface area contributed by atoms with Gasteiger partial charge in [-0.05, 0) is 37.7 Å². The highest BCUT2D eigenvalue weighted by Gasteiger charge is 2.27. The summed E-state index contributed by atoms with van der Waals surface area (Å²) in [4.78, 5) is 8.73. The van der Waals surface area contributed by atoms with E-state index in [0.717, 1.165) is 24.2 Å². The molecule has 0 aliphatic heterocycles. The number of hydrogen-bond donors (Lipinski definition) is 2. The van der Waals surface area contributed by atoms with Crippen LogP contribution in [0.25, 0.3) is 0 Å². The van der Waals surface area contributed by atoms with Crippen molar-refractivity contribution in [1.82, 2.24) is 9.97 Å². The van der Waals surface area contributed by atoms with Crippen LogP contribution < -0.4 is 10.6 Å². The van der Waals surface area contributed by atoms with Crippen molar-refractivity contribution in [3.63, 3.8) is 0 Å². The number of aromatic nitrogens is 2. The molecule has 2 unspecified atom stereocenters. The van der Waals surface area contributed by atoms with Crippen molar-refractivity contribution in [3.05, 3.63) is 12.3 Å². The predicted octanol–water partition coefficient (Wildman–Crippen LogP) is 3.54. The van der Waals surface area contributed by atoms with Crippen molar-refractivity contribution in [2.75, 3.05) is 17.2 Å². The van der Waals surface area contributed by atoms with Gasteiger partial charge in [0.25, 0.3) is 0 Å². The Morgan fingerprint density at radius 3 is 2.84 bits per heavy atom. The third-order valence-electron chi connectivity index (χ3n) is 4.00. The number of nitrogens with zero attached hydrogens (tertiary/aromatic N) is 2. The summed E-state index contributed by atoms with van der Waals surface area (Å²) in [6.45, 7) is 7.56. The van der Waals surface area contributed by atoms with Gasteiger partial charge in [-0.1, -0.05) is 26.7 Å². The molecule has 0 aromatic carbocycles. The van der Waals surface area contributed by atoms with Crippen LogP contribution >= 0.6 is 0 Å². The maximum Gasteiger partial charge on any atom is 0.224 e. The highest BCUT2D eigenvalue weighted by Crippen LogP contribution is 2.31. The van der Waals surface area contributed by atoms with Crippen LogP contribution in [0.1, 0.15) is 46.5 Å². The number of rotatable bonds is 5. The van der Waals surface area contributed by atoms with Gasteiger partial charge in [-0.25, -0.2) is 4.98 Å². The fourth-order valence-electron chi connectivity index (χ4n) is 3.01. The van der Waals surface area contributed by atoms with Crippen molar-refractivity contribution in [2.45, 2.75) is 52.5 Å². The van der Waals surface area contributed by atoms with E-state index in [1.807, 2.05) is 12.3 Å². The molecule has 1 aromatic heterocycles. The van der Waals surface area contributed by atoms with Crippen molar-refractivity contribution < 1.29 is 0 Å². The lowest BCUT2D eigenvalue weighted by Gasteiger charge is -2.35. The van der Waals surface area contributed by atoms with E-state index in [1.54, 1.807) is 0 Å². The second-order valence-electron chi connectivity index (χ2n) is 5.74. The normalized spacial score (nSPS) is 23.4. The molecule has 0 radical (unpaired) electrons. The minimum Gasteiger partial charge on any atom is -0.367 e. The molecule has 0 bridgehead atoms. The minimum absolute atomic E-state index is 0.554. The largest absolute Gasteiger partial charge is 0.367 e. The van der Waals surface area contributed by atoms with Crippen molar-refractivity contribution in [2.24, 2.45) is 11.8 Å². The number of nitrogens with one attached hydrogen (secondary N) is 2. The molecule has 19 heavy (non-hydrogen) atoms. The monoisotopic (exact) mass is 262 g/mol. The molecule has 2 atom stereocenters. The first kappa shape index (κ1) is 14.1. The highest BCUT2D eigenvalue weighted by molar-refractivity contribution is 5.40. The SMILES string of the molecule is CCNc1nccc(NC2CCCCC2C(C)C)n1. The lowest BCUT2D eigenvalue weighted by atomic mass is 9.78. The molecule has 4 nitrogen and oxygen atoms in total. The van der Waals surface area contributed by atoms with Crippen molar-refractivity contribution in [3.8, 4) is 0 Å². The molecule has 0 spiro atoms. The van der Waals surface area contributed by atoms with Gasteiger partial charge in [0.2, 0.25) is 5.95 Å². The molecule has 1 fully saturated rings. The van der Waals surface area contributed by atoms with Crippen molar-refractivity contribution in [1.29, 1.82) is 0 Å². The van der Waals surface area contributed by atoms with Crippen LogP contribution in [-0.2, 0) is 0 Å². The van der Waals surface area contributed by atoms with Crippen LogP contribution in [0.4, 0.5) is 11.8 Å². The quantitative estimate of drug-likeness (QED) is 0.852. The molecule has 1 saturated carbocycles. The highest BCUT2D eigenvalue weighted by atomic mass is 15.1. The van der Waals surface area contributed by atoms with Gasteiger partial charge in [-0.3, -0.25) is 0 Å². The van der Waals surface area contributed by atoms with E-state index in [1.165, 1.54) is 25.7 Å². The molecule has 106 valence electrons. The maximum atomic E-state index is 4.52. The summed E-state index contributed by atoms with van der Waals surface area (Å²) in [7, 11) is 0. The number of hydrogen-bond acceptors (Lipinski definition) is 4. The Balaban J connectivity index is 2.04. The predicted molar refractivity (Wildman–Crippen MR) is 80.4 cm³/mol. The van der Waals surface area contributed by atoms with Crippen molar-refractivity contribution >= 4 is 11.8 Å². The van der Waals surface area contributed by atoms with Gasteiger partial charge < -0.3 is 10.6 Å². The first-order valence-corrected chi connectivity index (χ1v) is 7.54. The zero-order chi connectivity index (χ0) is 13.7. The fraction of sp³-hybridized carbons (Fsp3) is 0.733. The van der Waals surface area contributed by atoms with Gasteiger partial charge in [0, 0.05) is 18.8 Å². The van der Waals surface area contributed by atoms with Crippen LogP contribution in [0.5, 0.6) is 0 Å². The van der Waals surface area contributed by atoms with Gasteiger partial charge >= 0.3 is 0 Å². The van der Waals surface area contributed by atoms with E-state index in [0.29, 0.717) is 12.0 Å². The van der Waals surface area contributed by atoms with Gasteiger partial charge in [-0.15, -0.1) is 0 Å². The Hall–Kier alpha value is -1.32. The third kappa shape index (κ3) is 3.82. The first-order chi connectivity index (χ1) is 9.20. The zero-order valence-electron chi connectivity index (χ0n) is 12.3. The average Bonchev–Trinajstić information content (AvgIpc) is 2.40. The molecule has 4 heteroatoms. The Kier molecular flexibility index (Phi) is 5.00. The van der Waals surface area contributed by atoms with E-state index in [9.17, 15) is 0 Å². The van der Waals surface area contributed by atoms with E-state index in [2.05, 4.69) is 41.4 Å². The van der Waals surface area contributed by atoms with E-state index < -0.39 is 0 Å². The molecular formula is C15H26N4. The molecule has 0 amide bonds. The Bertz CT molecular complexity index is 391. The standard InChI is InChI=1S/C15H26N4/c1-4-16-15-17-10-9-14(19-15)18-13-8-6-5-7-12(13)11(2)3/h9-13H,4-8H2,1-3H3,(H2,16,17,18,19). The summed E-state index contributed by atoms with van der Waals surface area (Å²) < 4.78 is 0. The fourth-order valence-corrected chi connectivity index (χ4v) is 3.01. The smallest absolute Gasteiger partial charge is 0.224 e. The van der Waals surface area contributed by atoms with Gasteiger partial charge in [0.05, 0.1) is 0 Å². The van der Waals surface area contributed by atoms with Crippen LogP contribution in [0.3, 0.4) is 0 Å². The molecule has 1 heterocycles. The Labute approximate surface area is 116 Å². The molecule has 1 aromatic rings. The van der Waals surface area contributed by atoms with Gasteiger partial charge in [-0.2, -0.15) is 4.98 Å². The topological polar surface area (TPSA) is 49.8 Å². The minimum atomic E-state index is 0.554. The second kappa shape index (κ2) is 6.73. The van der Waals surface area contributed by atoms with Crippen LogP contribution in [0.2, 0.25) is 0 Å². The van der Waals surface area contributed by atoms with Crippen LogP contribution in [0, 0.1) is 11.8 Å². The second-order valence-corrected chi connectivity index (χ2v) is 5.74. The maximum absolute atomic E-state index is 4.52. The van der Waals surface area contributed by atoms with E-state index >= 15 is 0 Å². The molecule has 1 aliphatic rings. The van der Waals surface area contributed by atoms with Crippen LogP contribution in [0.15, 0.2) is 12.3 Å². The number of anilines is 2. The summed E-state index contributed by atoms with van der Waals surface area (Å²) in [5, 5.41) is 6.78. The van der Waals surface area contributed by atoms with E-state index in [-0.39, 0.29) is 0 Å². The van der Waals surface area contributed by atoms with Gasteiger partial charge in [0.1, 0.15) is 5.82 Å². The lowest BCUT2D eigenvalue weighted by Crippen LogP contribution is -2.35. The molecule has 2 rings (SSSR count). The summed E-state index contributed by atoms with van der Waals surface area (Å²) in [5.74, 6) is 3.15. The Morgan fingerprint density at radius 1 is 1.32 bits per heavy atom. The van der Waals surface area contributed by atoms with Crippen LogP contribution in [-0.4, -0.2) is 22.6 Å². The molecule has 0 saturated heterocycles. The first-order valence-electron chi connectivity index (χ1n) is 7.54. The zero-order valence-corrected chi connectivity index (χ0v) is 12.3. The van der Waals surface area contributed by atoms with Gasteiger partial charge in [0.15, 0.2) is 0 Å². The average molecular weight is 262 g/mol. The third-order valence-corrected chi connectivity index (χ3v) is 4.00. The Morgan fingerprint density at radius 2 is 2.11 bits per heavy atom. The molecule has 1 aliphatic carbocycles. The summed E-state index contributed by atoms with van der Waals surface area (Å²) in [5.41, 5.74) is 0. The molecule has 2 N–H and O–H groups in total. The summed E-state index contributed by atoms with van der Waals surface area (Å²) >= 11 is 0. The summed E-state index contributed by atoms with van der Waals surface area (Å²) in [6.07, 6.45) is 7.10.